The molecule has 12 atom stereocenters. The number of nitrogens with zero attached hydrogens (tertiary/aromatic N) is 3. The number of urea groups is 2. The summed E-state index contributed by atoms with van der Waals surface area (Å²) in [6, 6.07) is -1.21. The zero-order valence-electron chi connectivity index (χ0n) is 67.6. The number of hydrogen-bond donors (Lipinski definition) is 19. The summed E-state index contributed by atoms with van der Waals surface area (Å²) in [5, 5.41) is 102. The molecule has 1 fully saturated rings. The van der Waals surface area contributed by atoms with Crippen LogP contribution in [0, 0.1) is 17.8 Å². The second-order valence-corrected chi connectivity index (χ2v) is 32.5. The van der Waals surface area contributed by atoms with Crippen LogP contribution in [-0.2, 0) is 91.2 Å². The molecule has 2 aromatic carbocycles. The van der Waals surface area contributed by atoms with Crippen LogP contribution >= 0.6 is 32.9 Å². The van der Waals surface area contributed by atoms with E-state index >= 15 is 0 Å². The van der Waals surface area contributed by atoms with Crippen LogP contribution in [0.4, 0.5) is 14.4 Å². The number of carbonyl (C=O) groups excluding carboxylic acids is 11. The number of nitrogens with one attached hydrogen (secondary N) is 11. The molecule has 2 heterocycles. The van der Waals surface area contributed by atoms with Gasteiger partial charge in [-0.15, -0.1) is 11.3 Å². The summed E-state index contributed by atoms with van der Waals surface area (Å²) >= 11 is 0.985. The Morgan fingerprint density at radius 3 is 1.83 bits per heavy atom. The van der Waals surface area contributed by atoms with Gasteiger partial charge in [-0.05, 0) is 112 Å². The molecule has 3 aromatic rings. The van der Waals surface area contributed by atoms with Crippen LogP contribution in [-0.4, -0.2) is 256 Å². The summed E-state index contributed by atoms with van der Waals surface area (Å²) in [4.78, 5) is 224. The molecular weight excluding hydrogens is 1640 g/mol. The van der Waals surface area contributed by atoms with Crippen molar-refractivity contribution in [3.63, 3.8) is 0 Å². The molecule has 19 N–H and O–H groups in total. The molecule has 0 saturated carbocycles. The maximum absolute atomic E-state index is 14.8. The lowest BCUT2D eigenvalue weighted by Gasteiger charge is -2.39. The summed E-state index contributed by atoms with van der Waals surface area (Å²) in [6.45, 7) is 10.8. The number of phenolic OH excluding ortho intramolecular Hbond substituents is 1. The zero-order valence-corrected chi connectivity index (χ0v) is 70.0. The summed E-state index contributed by atoms with van der Waals surface area (Å²) in [5.41, 5.74) is 5.85. The van der Waals surface area contributed by atoms with E-state index < -0.39 is 201 Å². The molecule has 0 aliphatic carbocycles. The van der Waals surface area contributed by atoms with Crippen molar-refractivity contribution in [2.75, 3.05) is 45.0 Å². The summed E-state index contributed by atoms with van der Waals surface area (Å²) in [7, 11) is 3.71. The highest BCUT2D eigenvalue weighted by Crippen LogP contribution is 2.30. The predicted molar refractivity (Wildman–Crippen MR) is 433 cm³/mol. The van der Waals surface area contributed by atoms with E-state index in [-0.39, 0.29) is 110 Å². The van der Waals surface area contributed by atoms with Crippen molar-refractivity contribution in [3.05, 3.63) is 81.3 Å². The fourth-order valence-electron chi connectivity index (χ4n) is 12.2. The summed E-state index contributed by atoms with van der Waals surface area (Å²) < 4.78 is 10.8. The lowest BCUT2D eigenvalue weighted by atomic mass is 9.92. The highest BCUT2D eigenvalue weighted by atomic mass is 33.1. The average Bonchev–Trinajstić information content (AvgIpc) is 0.977. The van der Waals surface area contributed by atoms with Crippen molar-refractivity contribution in [1.82, 2.24) is 73.5 Å². The number of esters is 1. The third-order valence-corrected chi connectivity index (χ3v) is 22.4. The predicted octanol–water partition coefficient (Wildman–Crippen LogP) is 2.72. The van der Waals surface area contributed by atoms with Crippen LogP contribution in [0.1, 0.15) is 176 Å². The van der Waals surface area contributed by atoms with Crippen LogP contribution in [0.15, 0.2) is 53.9 Å². The first-order chi connectivity index (χ1) is 56.8. The monoisotopic (exact) mass is 1750 g/mol. The van der Waals surface area contributed by atoms with E-state index in [1.807, 2.05) is 45.0 Å². The molecule has 12 amide bonds. The van der Waals surface area contributed by atoms with E-state index in [0.717, 1.165) is 52.3 Å². The SMILES string of the molecule is CCCC(=O)OCN(C(=O)[C@@H](NC(=O)[C@H]1CCCCN1C)C(C)CC)[C@H](C[C@@H](O)c1nc(C(=O)N[C@@H](Cc2ccc(O)cc2)C[C@H](C)C(=O)NNC(=O)OCCSSC[C@H](NC(=O)[C@H](CC(=O)O)NC(=O)[C@H](CC(=O)O)NC(=O)Cc2ccc(CNC(=O)NCCCC[C@@H](NC(=O)N[C@@H](CCC(=O)O)C(=O)O)C(=O)O)cc2)C(=O)O)cs1)C(C)C. The lowest BCUT2D eigenvalue weighted by Crippen LogP contribution is -2.59. The second kappa shape index (κ2) is 52.7. The largest absolute Gasteiger partial charge is 0.508 e. The van der Waals surface area contributed by atoms with E-state index in [0.29, 0.717) is 36.0 Å². The van der Waals surface area contributed by atoms with E-state index in [4.69, 9.17) is 14.6 Å². The number of carboxylic acid groups (broad SMARTS) is 6. The van der Waals surface area contributed by atoms with E-state index in [1.165, 1.54) is 53.6 Å². The van der Waals surface area contributed by atoms with Crippen LogP contribution in [0.5, 0.6) is 5.75 Å². The number of hydrogen-bond acceptors (Lipinski definition) is 26. The number of aliphatic carboxylic acids is 6. The summed E-state index contributed by atoms with van der Waals surface area (Å²) in [5.74, 6) is -17.3. The average molecular weight is 1750 g/mol. The molecule has 4 rings (SSSR count). The number of aromatic hydroxyl groups is 1. The Kier molecular flexibility index (Phi) is 44.5. The third kappa shape index (κ3) is 37.4. The molecule has 44 heteroatoms. The van der Waals surface area contributed by atoms with Gasteiger partial charge in [0.1, 0.15) is 65.4 Å². The number of piperidine rings is 1. The highest BCUT2D eigenvalue weighted by molar-refractivity contribution is 8.76. The Morgan fingerprint density at radius 2 is 1.24 bits per heavy atom. The minimum absolute atomic E-state index is 0.0111. The molecule has 1 aromatic heterocycles. The number of amides is 12. The fourth-order valence-corrected chi connectivity index (χ4v) is 14.9. The highest BCUT2D eigenvalue weighted by Gasteiger charge is 2.40. The number of unbranched alkanes of at least 4 members (excludes halogenated alkanes) is 1. The van der Waals surface area contributed by atoms with Gasteiger partial charge >= 0.3 is 59.9 Å². The smallest absolute Gasteiger partial charge is 0.426 e. The van der Waals surface area contributed by atoms with E-state index in [2.05, 4.69) is 58.4 Å². The number of ether oxygens (including phenoxy) is 2. The van der Waals surface area contributed by atoms with Crippen molar-refractivity contribution in [1.29, 1.82) is 0 Å². The molecule has 1 unspecified atom stereocenters. The van der Waals surface area contributed by atoms with Gasteiger partial charge in [-0.3, -0.25) is 63.1 Å². The number of aliphatic hydroxyl groups is 1. The maximum Gasteiger partial charge on any atom is 0.426 e. The Morgan fingerprint density at radius 1 is 0.633 bits per heavy atom. The van der Waals surface area contributed by atoms with Crippen molar-refractivity contribution in [2.45, 2.75) is 218 Å². The van der Waals surface area contributed by atoms with Crippen molar-refractivity contribution >= 4 is 134 Å². The minimum Gasteiger partial charge on any atom is -0.508 e. The van der Waals surface area contributed by atoms with Crippen molar-refractivity contribution in [2.24, 2.45) is 17.8 Å². The molecule has 664 valence electrons. The maximum atomic E-state index is 14.8. The first-order valence-corrected chi connectivity index (χ1v) is 42.2. The third-order valence-electron chi connectivity index (χ3n) is 19.0. The van der Waals surface area contributed by atoms with Crippen LogP contribution < -0.4 is 58.7 Å². The van der Waals surface area contributed by atoms with Crippen molar-refractivity contribution in [3.8, 4) is 5.75 Å². The lowest BCUT2D eigenvalue weighted by molar-refractivity contribution is -0.159. The van der Waals surface area contributed by atoms with Gasteiger partial charge in [-0.1, -0.05) is 112 Å². The summed E-state index contributed by atoms with van der Waals surface area (Å²) in [6.07, 6.45) is -2.19. The van der Waals surface area contributed by atoms with Crippen molar-refractivity contribution < 1.29 is 132 Å². The minimum atomic E-state index is -2.00. The molecule has 1 saturated heterocycles. The molecule has 1 aliphatic heterocycles. The zero-order chi connectivity index (χ0) is 89.3. The number of likely N-dealkylation sites (N-methyl/N-ethyl adjacent to an activating group) is 1. The van der Waals surface area contributed by atoms with E-state index in [9.17, 15) is 117 Å². The number of benzene rings is 2. The number of rotatable bonds is 53. The number of phenols is 1. The number of likely N-dealkylation sites (tertiary alicyclic amines) is 1. The first-order valence-electron chi connectivity index (χ1n) is 38.9. The molecule has 120 heavy (non-hydrogen) atoms. The fraction of sp³-hybridized carbons (Fsp3) is 0.579. The molecular formula is C76H110N14O27S3. The Balaban J connectivity index is 1.26. The van der Waals surface area contributed by atoms with Crippen LogP contribution in [0.3, 0.4) is 0 Å². The Bertz CT molecular complexity index is 3970. The standard InChI is InChI=1S/C76H110N14O27S3/c1-8-14-62(100)117-40-90(70(106)63(42(5)9-2)86-68(105)55-16-11-13-28-89(55)7)56(41(3)4)36-57(92)69-83-53(38-118-69)67(104)79-47(32-44-21-23-48(91)24-22-44)31-43(6)64(101)87-88-76(115)116-29-30-119-120-39-54(73(111)112)82-66(103)52(35-61(98)99)81-65(102)51(34-60(96)97)80-58(93)33-45-17-19-46(20-18-45)37-78-74(113)77-27-12-10-15-49(71(107)108)84-75(114)85-50(72(109)110)25-26-59(94)95/h17-24,38,41-43,47,49-52,54-57,63,91-92H,8-16,25-37,39-40H2,1-7H3,(H,79,104)(H,80,93)(H,81,102)(H,82,103)(H,86,105)(H,87,101)(H,88,115)(H,94,95)(H,96,97)(H,98,99)(H,107,108)(H,109,110)(H,111,112)(H2,77,78,113)(H2,84,85,114)/t42?,43-,47+,49+,50-,51-,52-,54-,55+,56+,57+,63-/m0/s1. The number of carboxylic acids is 6. The molecule has 0 spiro atoms. The van der Waals surface area contributed by atoms with Gasteiger partial charge in [0.2, 0.25) is 35.4 Å². The Labute approximate surface area is 703 Å². The second-order valence-electron chi connectivity index (χ2n) is 28.9. The molecule has 0 radical (unpaired) electrons. The molecule has 1 aliphatic rings. The van der Waals surface area contributed by atoms with Gasteiger partial charge < -0.3 is 103 Å². The van der Waals surface area contributed by atoms with E-state index in [1.54, 1.807) is 19.1 Å². The number of hydrazine groups is 1. The topological polar surface area (TPSA) is 622 Å². The molecule has 41 nitrogen and oxygen atoms in total. The quantitative estimate of drug-likeness (QED) is 0.0127. The first kappa shape index (κ1) is 101. The van der Waals surface area contributed by atoms with Crippen LogP contribution in [0.25, 0.3) is 0 Å². The van der Waals surface area contributed by atoms with Crippen LogP contribution in [0.2, 0.25) is 0 Å². The van der Waals surface area contributed by atoms with Gasteiger partial charge in [-0.25, -0.2) is 39.2 Å². The van der Waals surface area contributed by atoms with Gasteiger partial charge in [0.15, 0.2) is 6.73 Å². The number of aromatic nitrogens is 1. The molecule has 0 bridgehead atoms. The number of thiazole rings is 1. The number of aliphatic hydroxyl groups excluding tert-OH is 1. The van der Waals surface area contributed by atoms with Gasteiger partial charge in [0.05, 0.1) is 25.3 Å². The van der Waals surface area contributed by atoms with Gasteiger partial charge in [0.25, 0.3) is 5.91 Å². The Hall–Kier alpha value is -11.1. The van der Waals surface area contributed by atoms with Gasteiger partial charge in [0, 0.05) is 67.2 Å². The van der Waals surface area contributed by atoms with Gasteiger partial charge in [-0.2, -0.15) is 0 Å². The number of carbonyl (C=O) groups is 17. The normalized spacial score (nSPS) is 15.3.